The van der Waals surface area contributed by atoms with Gasteiger partial charge in [-0.1, -0.05) is 6.58 Å². The molecule has 5 heteroatoms. The van der Waals surface area contributed by atoms with Crippen molar-refractivity contribution in [1.82, 2.24) is 9.80 Å². The van der Waals surface area contributed by atoms with Crippen LogP contribution >= 0.6 is 0 Å². The molecule has 5 nitrogen and oxygen atoms in total. The number of rotatable bonds is 2. The fourth-order valence-electron chi connectivity index (χ4n) is 1.45. The molecule has 1 aliphatic heterocycles. The molecular formula is C10H16N2O3. The molecular weight excluding hydrogens is 196 g/mol. The lowest BCUT2D eigenvalue weighted by Crippen LogP contribution is -2.50. The number of hydrogen-bond donors (Lipinski definition) is 0. The summed E-state index contributed by atoms with van der Waals surface area (Å²) in [6, 6.07) is 0. The molecule has 1 rings (SSSR count). The number of hydrogen-bond acceptors (Lipinski definition) is 3. The molecule has 15 heavy (non-hydrogen) atoms. The van der Waals surface area contributed by atoms with E-state index in [0.29, 0.717) is 32.8 Å². The van der Waals surface area contributed by atoms with Crippen LogP contribution < -0.4 is 0 Å². The van der Waals surface area contributed by atoms with Gasteiger partial charge >= 0.3 is 6.09 Å². The van der Waals surface area contributed by atoms with Crippen molar-refractivity contribution in [1.29, 1.82) is 0 Å². The third-order valence-electron chi connectivity index (χ3n) is 2.29. The summed E-state index contributed by atoms with van der Waals surface area (Å²) >= 11 is 0. The van der Waals surface area contributed by atoms with E-state index in [4.69, 9.17) is 4.74 Å². The summed E-state index contributed by atoms with van der Waals surface area (Å²) in [7, 11) is 0. The Labute approximate surface area is 89.3 Å². The molecule has 0 aromatic heterocycles. The summed E-state index contributed by atoms with van der Waals surface area (Å²) in [6.45, 7) is 7.72. The smallest absolute Gasteiger partial charge is 0.409 e. The molecule has 0 aliphatic carbocycles. The molecule has 2 amide bonds. The predicted octanol–water partition coefficient (Wildman–Crippen LogP) is 0.473. The van der Waals surface area contributed by atoms with Crippen molar-refractivity contribution in [2.75, 3.05) is 32.8 Å². The van der Waals surface area contributed by atoms with Gasteiger partial charge in [0, 0.05) is 26.2 Å². The molecule has 1 aliphatic rings. The number of ether oxygens (including phenoxy) is 1. The second kappa shape index (κ2) is 5.38. The minimum atomic E-state index is -0.303. The summed E-state index contributed by atoms with van der Waals surface area (Å²) < 4.78 is 4.87. The standard InChI is InChI=1S/C10H16N2O3/c1-3-9(13)11-5-7-12(8-6-11)10(14)15-4-2/h3H,1,4-8H2,2H3. The van der Waals surface area contributed by atoms with Gasteiger partial charge in [-0.3, -0.25) is 4.79 Å². The summed E-state index contributed by atoms with van der Waals surface area (Å²) in [5.74, 6) is -0.0847. The maximum atomic E-state index is 11.3. The second-order valence-corrected chi connectivity index (χ2v) is 3.22. The molecule has 0 unspecified atom stereocenters. The summed E-state index contributed by atoms with van der Waals surface area (Å²) in [5, 5.41) is 0. The minimum Gasteiger partial charge on any atom is -0.450 e. The molecule has 1 saturated heterocycles. The molecule has 84 valence electrons. The zero-order chi connectivity index (χ0) is 11.3. The Bertz CT molecular complexity index is 257. The van der Waals surface area contributed by atoms with Gasteiger partial charge in [-0.2, -0.15) is 0 Å². The molecule has 0 aromatic rings. The average Bonchev–Trinajstić information content (AvgIpc) is 2.28. The highest BCUT2D eigenvalue weighted by Gasteiger charge is 2.23. The first-order valence-electron chi connectivity index (χ1n) is 5.02. The number of nitrogens with zero attached hydrogens (tertiary/aromatic N) is 2. The Morgan fingerprint density at radius 3 is 2.27 bits per heavy atom. The lowest BCUT2D eigenvalue weighted by molar-refractivity contribution is -0.127. The first-order chi connectivity index (χ1) is 7.19. The van der Waals surface area contributed by atoms with Crippen LogP contribution in [0.25, 0.3) is 0 Å². The molecule has 0 aromatic carbocycles. The highest BCUT2D eigenvalue weighted by atomic mass is 16.6. The largest absolute Gasteiger partial charge is 0.450 e. The normalized spacial score (nSPS) is 16.1. The first kappa shape index (κ1) is 11.6. The fraction of sp³-hybridized carbons (Fsp3) is 0.600. The van der Waals surface area contributed by atoms with Crippen LogP contribution in [0, 0.1) is 0 Å². The Morgan fingerprint density at radius 2 is 1.80 bits per heavy atom. The Kier molecular flexibility index (Phi) is 4.15. The first-order valence-corrected chi connectivity index (χ1v) is 5.02. The van der Waals surface area contributed by atoms with Gasteiger partial charge in [0.25, 0.3) is 0 Å². The van der Waals surface area contributed by atoms with Crippen LogP contribution in [-0.4, -0.2) is 54.6 Å². The molecule has 0 saturated carbocycles. The van der Waals surface area contributed by atoms with Crippen molar-refractivity contribution in [2.24, 2.45) is 0 Å². The van der Waals surface area contributed by atoms with Crippen LogP contribution in [0.2, 0.25) is 0 Å². The van der Waals surface area contributed by atoms with Crippen molar-refractivity contribution in [3.05, 3.63) is 12.7 Å². The van der Waals surface area contributed by atoms with Crippen molar-refractivity contribution < 1.29 is 14.3 Å². The van der Waals surface area contributed by atoms with E-state index in [1.165, 1.54) is 6.08 Å². The maximum Gasteiger partial charge on any atom is 0.409 e. The molecule has 0 atom stereocenters. The van der Waals surface area contributed by atoms with Crippen LogP contribution in [0.4, 0.5) is 4.79 Å². The van der Waals surface area contributed by atoms with E-state index < -0.39 is 0 Å². The van der Waals surface area contributed by atoms with Gasteiger partial charge in [-0.05, 0) is 13.0 Å². The highest BCUT2D eigenvalue weighted by Crippen LogP contribution is 2.04. The van der Waals surface area contributed by atoms with Crippen molar-refractivity contribution in [2.45, 2.75) is 6.92 Å². The molecule has 0 bridgehead atoms. The zero-order valence-corrected chi connectivity index (χ0v) is 8.94. The summed E-state index contributed by atoms with van der Waals surface area (Å²) in [5.41, 5.74) is 0. The van der Waals surface area contributed by atoms with Gasteiger partial charge in [0.05, 0.1) is 6.61 Å². The summed E-state index contributed by atoms with van der Waals surface area (Å²) in [6.07, 6.45) is 0.989. The quantitative estimate of drug-likeness (QED) is 0.625. The SMILES string of the molecule is C=CC(=O)N1CCN(C(=O)OCC)CC1. The predicted molar refractivity (Wildman–Crippen MR) is 55.4 cm³/mol. The Morgan fingerprint density at radius 1 is 1.27 bits per heavy atom. The number of amides is 2. The van der Waals surface area contributed by atoms with Crippen LogP contribution in [0.15, 0.2) is 12.7 Å². The third-order valence-corrected chi connectivity index (χ3v) is 2.29. The Balaban J connectivity index is 2.38. The van der Waals surface area contributed by atoms with E-state index in [1.807, 2.05) is 0 Å². The van der Waals surface area contributed by atoms with E-state index >= 15 is 0 Å². The number of piperazine rings is 1. The van der Waals surface area contributed by atoms with E-state index in [0.717, 1.165) is 0 Å². The van der Waals surface area contributed by atoms with Crippen molar-refractivity contribution in [3.8, 4) is 0 Å². The van der Waals surface area contributed by atoms with Gasteiger partial charge in [-0.25, -0.2) is 4.79 Å². The minimum absolute atomic E-state index is 0.0847. The molecule has 1 fully saturated rings. The van der Waals surface area contributed by atoms with Crippen LogP contribution in [0.1, 0.15) is 6.92 Å². The van der Waals surface area contributed by atoms with Crippen molar-refractivity contribution >= 4 is 12.0 Å². The molecule has 0 N–H and O–H groups in total. The van der Waals surface area contributed by atoms with E-state index in [2.05, 4.69) is 6.58 Å². The monoisotopic (exact) mass is 212 g/mol. The second-order valence-electron chi connectivity index (χ2n) is 3.22. The summed E-state index contributed by atoms with van der Waals surface area (Å²) in [4.78, 5) is 25.8. The topological polar surface area (TPSA) is 49.9 Å². The maximum absolute atomic E-state index is 11.3. The van der Waals surface area contributed by atoms with Crippen molar-refractivity contribution in [3.63, 3.8) is 0 Å². The van der Waals surface area contributed by atoms with Gasteiger partial charge in [0.1, 0.15) is 0 Å². The molecule has 0 spiro atoms. The Hall–Kier alpha value is -1.52. The lowest BCUT2D eigenvalue weighted by atomic mass is 10.3. The zero-order valence-electron chi connectivity index (χ0n) is 8.94. The fourth-order valence-corrected chi connectivity index (χ4v) is 1.45. The van der Waals surface area contributed by atoms with Crippen LogP contribution in [0.3, 0.4) is 0 Å². The third kappa shape index (κ3) is 2.97. The van der Waals surface area contributed by atoms with Gasteiger partial charge in [-0.15, -0.1) is 0 Å². The van der Waals surface area contributed by atoms with Crippen LogP contribution in [0.5, 0.6) is 0 Å². The van der Waals surface area contributed by atoms with Gasteiger partial charge < -0.3 is 14.5 Å². The highest BCUT2D eigenvalue weighted by molar-refractivity contribution is 5.87. The molecule has 0 radical (unpaired) electrons. The van der Waals surface area contributed by atoms with Gasteiger partial charge in [0.2, 0.25) is 5.91 Å². The number of carbonyl (C=O) groups is 2. The lowest BCUT2D eigenvalue weighted by Gasteiger charge is -2.33. The molecule has 1 heterocycles. The van der Waals surface area contributed by atoms with E-state index in [-0.39, 0.29) is 12.0 Å². The average molecular weight is 212 g/mol. The number of carbonyl (C=O) groups excluding carboxylic acids is 2. The van der Waals surface area contributed by atoms with Crippen LogP contribution in [-0.2, 0) is 9.53 Å². The van der Waals surface area contributed by atoms with Gasteiger partial charge in [0.15, 0.2) is 0 Å². The van der Waals surface area contributed by atoms with E-state index in [1.54, 1.807) is 16.7 Å². The van der Waals surface area contributed by atoms with E-state index in [9.17, 15) is 9.59 Å².